The minimum absolute atomic E-state index is 0.0284. The molecule has 1 atom stereocenters. The van der Waals surface area contributed by atoms with Crippen molar-refractivity contribution in [2.45, 2.75) is 12.5 Å². The predicted octanol–water partition coefficient (Wildman–Crippen LogP) is 1.29. The number of anilines is 1. The van der Waals surface area contributed by atoms with Crippen molar-refractivity contribution in [1.29, 1.82) is 0 Å². The second-order valence-corrected chi connectivity index (χ2v) is 7.56. The summed E-state index contributed by atoms with van der Waals surface area (Å²) >= 11 is 3.12. The molecule has 1 unspecified atom stereocenters. The summed E-state index contributed by atoms with van der Waals surface area (Å²) in [4.78, 5) is 11.3. The lowest BCUT2D eigenvalue weighted by atomic mass is 10.1. The molecule has 1 fully saturated rings. The monoisotopic (exact) mass is 350 g/mol. The Balaban J connectivity index is 2.32. The molecule has 19 heavy (non-hydrogen) atoms. The molecule has 8 heteroatoms. The zero-order valence-corrected chi connectivity index (χ0v) is 12.2. The molecule has 0 spiro atoms. The van der Waals surface area contributed by atoms with Crippen LogP contribution in [0.4, 0.5) is 10.1 Å². The fraction of sp³-hybridized carbons (Fsp3) is 0.364. The smallest absolute Gasteiger partial charge is 0.253 e. The van der Waals surface area contributed by atoms with Crippen LogP contribution < -0.4 is 11.1 Å². The summed E-state index contributed by atoms with van der Waals surface area (Å²) < 4.78 is 36.9. The third-order valence-electron chi connectivity index (χ3n) is 2.89. The predicted molar refractivity (Wildman–Crippen MR) is 73.3 cm³/mol. The van der Waals surface area contributed by atoms with Crippen LogP contribution in [0.15, 0.2) is 16.6 Å². The maximum Gasteiger partial charge on any atom is 0.253 e. The first-order valence-corrected chi connectivity index (χ1v) is 8.16. The van der Waals surface area contributed by atoms with E-state index in [0.717, 1.165) is 6.07 Å². The zero-order chi connectivity index (χ0) is 14.2. The van der Waals surface area contributed by atoms with Gasteiger partial charge in [0.05, 0.1) is 22.8 Å². The van der Waals surface area contributed by atoms with Crippen molar-refractivity contribution < 1.29 is 17.6 Å². The molecule has 1 aliphatic rings. The molecule has 1 aromatic rings. The van der Waals surface area contributed by atoms with Gasteiger partial charge in [-0.15, -0.1) is 0 Å². The van der Waals surface area contributed by atoms with Crippen molar-refractivity contribution in [3.8, 4) is 0 Å². The van der Waals surface area contributed by atoms with E-state index in [0.29, 0.717) is 10.9 Å². The number of sulfone groups is 1. The van der Waals surface area contributed by atoms with Crippen LogP contribution in [0.25, 0.3) is 0 Å². The Bertz CT molecular complexity index is 633. The number of benzene rings is 1. The molecule has 0 aliphatic carbocycles. The van der Waals surface area contributed by atoms with Crippen molar-refractivity contribution in [2.75, 3.05) is 16.8 Å². The van der Waals surface area contributed by atoms with Gasteiger partial charge >= 0.3 is 0 Å². The molecule has 1 aromatic carbocycles. The van der Waals surface area contributed by atoms with Crippen LogP contribution in [0.1, 0.15) is 16.8 Å². The van der Waals surface area contributed by atoms with Gasteiger partial charge < -0.3 is 11.1 Å². The molecule has 2 rings (SSSR count). The van der Waals surface area contributed by atoms with E-state index in [9.17, 15) is 17.6 Å². The first kappa shape index (κ1) is 14.3. The SMILES string of the molecule is NC(=O)c1c(F)cc(Br)cc1NC1CCS(=O)(=O)C1. The van der Waals surface area contributed by atoms with Gasteiger partial charge in [0, 0.05) is 10.5 Å². The van der Waals surface area contributed by atoms with Crippen molar-refractivity contribution >= 4 is 37.4 Å². The molecule has 1 amide bonds. The van der Waals surface area contributed by atoms with E-state index in [1.165, 1.54) is 6.07 Å². The average Bonchev–Trinajstić information content (AvgIpc) is 2.56. The van der Waals surface area contributed by atoms with Gasteiger partial charge in [0.2, 0.25) is 0 Å². The van der Waals surface area contributed by atoms with Gasteiger partial charge in [-0.1, -0.05) is 15.9 Å². The highest BCUT2D eigenvalue weighted by molar-refractivity contribution is 9.10. The Kier molecular flexibility index (Phi) is 3.82. The van der Waals surface area contributed by atoms with Crippen molar-refractivity contribution in [2.24, 2.45) is 5.73 Å². The molecule has 1 aliphatic heterocycles. The molecule has 1 saturated heterocycles. The van der Waals surface area contributed by atoms with Crippen LogP contribution in [0, 0.1) is 5.82 Å². The van der Waals surface area contributed by atoms with Gasteiger partial charge in [-0.3, -0.25) is 4.79 Å². The second kappa shape index (κ2) is 5.09. The largest absolute Gasteiger partial charge is 0.380 e. The summed E-state index contributed by atoms with van der Waals surface area (Å²) in [6, 6.07) is 2.31. The fourth-order valence-electron chi connectivity index (χ4n) is 2.07. The summed E-state index contributed by atoms with van der Waals surface area (Å²) in [7, 11) is -3.05. The number of carbonyl (C=O) groups is 1. The van der Waals surface area contributed by atoms with E-state index in [1.54, 1.807) is 0 Å². The molecule has 0 saturated carbocycles. The van der Waals surface area contributed by atoms with E-state index >= 15 is 0 Å². The van der Waals surface area contributed by atoms with Crippen molar-refractivity contribution in [1.82, 2.24) is 0 Å². The molecule has 0 bridgehead atoms. The minimum atomic E-state index is -3.05. The normalized spacial score (nSPS) is 21.3. The molecule has 1 heterocycles. The topological polar surface area (TPSA) is 89.3 Å². The van der Waals surface area contributed by atoms with E-state index in [4.69, 9.17) is 5.73 Å². The maximum absolute atomic E-state index is 13.7. The zero-order valence-electron chi connectivity index (χ0n) is 9.82. The first-order valence-electron chi connectivity index (χ1n) is 5.54. The fourth-order valence-corrected chi connectivity index (χ4v) is 4.17. The van der Waals surface area contributed by atoms with Gasteiger partial charge in [0.15, 0.2) is 9.84 Å². The quantitative estimate of drug-likeness (QED) is 0.859. The number of carbonyl (C=O) groups excluding carboxylic acids is 1. The average molecular weight is 351 g/mol. The highest BCUT2D eigenvalue weighted by Crippen LogP contribution is 2.27. The summed E-state index contributed by atoms with van der Waals surface area (Å²) in [6.45, 7) is 0. The number of nitrogens with one attached hydrogen (secondary N) is 1. The first-order chi connectivity index (χ1) is 8.78. The Hall–Kier alpha value is -1.15. The van der Waals surface area contributed by atoms with Crippen LogP contribution in [-0.4, -0.2) is 31.9 Å². The lowest BCUT2D eigenvalue weighted by Gasteiger charge is -2.16. The highest BCUT2D eigenvalue weighted by Gasteiger charge is 2.29. The van der Waals surface area contributed by atoms with E-state index < -0.39 is 21.6 Å². The number of hydrogen-bond acceptors (Lipinski definition) is 4. The number of hydrogen-bond donors (Lipinski definition) is 2. The van der Waals surface area contributed by atoms with Crippen LogP contribution >= 0.6 is 15.9 Å². The number of nitrogens with two attached hydrogens (primary N) is 1. The number of halogens is 2. The Morgan fingerprint density at radius 3 is 2.68 bits per heavy atom. The molecule has 5 nitrogen and oxygen atoms in total. The van der Waals surface area contributed by atoms with E-state index in [-0.39, 0.29) is 28.8 Å². The van der Waals surface area contributed by atoms with Crippen LogP contribution in [0.2, 0.25) is 0 Å². The standard InChI is InChI=1S/C11H12BrFN2O3S/c12-6-3-8(13)10(11(14)16)9(4-6)15-7-1-2-19(17,18)5-7/h3-4,7,15H,1-2,5H2,(H2,14,16). The third-order valence-corrected chi connectivity index (χ3v) is 5.12. The van der Waals surface area contributed by atoms with Crippen LogP contribution in [0.5, 0.6) is 0 Å². The lowest BCUT2D eigenvalue weighted by Crippen LogP contribution is -2.24. The third kappa shape index (κ3) is 3.24. The summed E-state index contributed by atoms with van der Waals surface area (Å²) in [5, 5.41) is 2.88. The molecule has 104 valence electrons. The van der Waals surface area contributed by atoms with Gasteiger partial charge in [-0.05, 0) is 18.6 Å². The number of rotatable bonds is 3. The van der Waals surface area contributed by atoms with Gasteiger partial charge in [-0.2, -0.15) is 0 Å². The van der Waals surface area contributed by atoms with E-state index in [2.05, 4.69) is 21.2 Å². The number of primary amides is 1. The molecular formula is C11H12BrFN2O3S. The van der Waals surface area contributed by atoms with Gasteiger partial charge in [-0.25, -0.2) is 12.8 Å². The van der Waals surface area contributed by atoms with E-state index in [1.807, 2.05) is 0 Å². The Labute approximate surface area is 118 Å². The lowest BCUT2D eigenvalue weighted by molar-refractivity contribution is 0.0997. The summed E-state index contributed by atoms with van der Waals surface area (Å²) in [6.07, 6.45) is 0.425. The van der Waals surface area contributed by atoms with Crippen molar-refractivity contribution in [3.63, 3.8) is 0 Å². The van der Waals surface area contributed by atoms with Crippen molar-refractivity contribution in [3.05, 3.63) is 28.0 Å². The maximum atomic E-state index is 13.7. The molecule has 3 N–H and O–H groups in total. The Morgan fingerprint density at radius 1 is 1.47 bits per heavy atom. The molecule has 0 radical (unpaired) electrons. The summed E-state index contributed by atoms with van der Waals surface area (Å²) in [5.74, 6) is -1.58. The van der Waals surface area contributed by atoms with Crippen LogP contribution in [-0.2, 0) is 9.84 Å². The van der Waals surface area contributed by atoms with Gasteiger partial charge in [0.25, 0.3) is 5.91 Å². The minimum Gasteiger partial charge on any atom is -0.380 e. The second-order valence-electron chi connectivity index (χ2n) is 4.42. The van der Waals surface area contributed by atoms with Gasteiger partial charge in [0.1, 0.15) is 5.82 Å². The highest BCUT2D eigenvalue weighted by atomic mass is 79.9. The number of amides is 1. The Morgan fingerprint density at radius 2 is 2.16 bits per heavy atom. The summed E-state index contributed by atoms with van der Waals surface area (Å²) in [5.41, 5.74) is 5.09. The molecular weight excluding hydrogens is 339 g/mol. The van der Waals surface area contributed by atoms with Crippen LogP contribution in [0.3, 0.4) is 0 Å². The molecule has 0 aromatic heterocycles.